The van der Waals surface area contributed by atoms with Gasteiger partial charge in [-0.05, 0) is 38.1 Å². The van der Waals surface area contributed by atoms with E-state index in [1.807, 2.05) is 51.4 Å². The van der Waals surface area contributed by atoms with E-state index in [1.54, 1.807) is 21.6 Å². The van der Waals surface area contributed by atoms with Crippen molar-refractivity contribution in [2.75, 3.05) is 0 Å². The van der Waals surface area contributed by atoms with Crippen molar-refractivity contribution >= 4 is 11.9 Å². The Morgan fingerprint density at radius 2 is 1.91 bits per heavy atom. The molecule has 0 aliphatic carbocycles. The van der Waals surface area contributed by atoms with Crippen molar-refractivity contribution in [2.24, 2.45) is 7.05 Å². The number of hydrogen-bond acceptors (Lipinski definition) is 4. The lowest BCUT2D eigenvalue weighted by molar-refractivity contribution is 0.104. The van der Waals surface area contributed by atoms with Gasteiger partial charge >= 0.3 is 0 Å². The van der Waals surface area contributed by atoms with E-state index < -0.39 is 0 Å². The zero-order valence-electron chi connectivity index (χ0n) is 13.3. The van der Waals surface area contributed by atoms with E-state index in [0.717, 1.165) is 16.9 Å². The Bertz CT molecular complexity index is 871. The van der Waals surface area contributed by atoms with Gasteiger partial charge in [0.25, 0.3) is 0 Å². The van der Waals surface area contributed by atoms with Crippen molar-refractivity contribution in [2.45, 2.75) is 13.8 Å². The molecular weight excluding hydrogens is 290 g/mol. The number of benzene rings is 1. The third kappa shape index (κ3) is 3.11. The number of aryl methyl sites for hydroxylation is 2. The van der Waals surface area contributed by atoms with Crippen LogP contribution in [0, 0.1) is 13.8 Å². The van der Waals surface area contributed by atoms with Crippen LogP contribution in [-0.2, 0) is 7.05 Å². The number of nitrogens with zero attached hydrogens (tertiary/aromatic N) is 5. The Balaban J connectivity index is 1.85. The largest absolute Gasteiger partial charge is 0.287 e. The summed E-state index contributed by atoms with van der Waals surface area (Å²) in [6.07, 6.45) is 6.74. The molecule has 3 aromatic rings. The van der Waals surface area contributed by atoms with Crippen LogP contribution in [0.15, 0.2) is 42.7 Å². The van der Waals surface area contributed by atoms with Crippen molar-refractivity contribution in [3.05, 3.63) is 65.2 Å². The van der Waals surface area contributed by atoms with Gasteiger partial charge in [-0.25, -0.2) is 4.68 Å². The molecule has 0 saturated carbocycles. The molecule has 0 atom stereocenters. The summed E-state index contributed by atoms with van der Waals surface area (Å²) in [6, 6.07) is 7.91. The first-order valence-electron chi connectivity index (χ1n) is 7.25. The van der Waals surface area contributed by atoms with Crippen LogP contribution in [-0.4, -0.2) is 30.6 Å². The van der Waals surface area contributed by atoms with Gasteiger partial charge in [-0.1, -0.05) is 22.9 Å². The SMILES string of the molecule is Cc1ccc(-n2nnc(C(=O)C=Cc3cnn(C)c3)c2C)cc1. The Morgan fingerprint density at radius 3 is 2.57 bits per heavy atom. The van der Waals surface area contributed by atoms with Crippen molar-refractivity contribution in [3.8, 4) is 5.69 Å². The lowest BCUT2D eigenvalue weighted by Gasteiger charge is -2.03. The van der Waals surface area contributed by atoms with E-state index in [0.29, 0.717) is 5.69 Å². The monoisotopic (exact) mass is 307 g/mol. The van der Waals surface area contributed by atoms with Gasteiger partial charge in [-0.15, -0.1) is 5.10 Å². The quantitative estimate of drug-likeness (QED) is 0.549. The summed E-state index contributed by atoms with van der Waals surface area (Å²) in [7, 11) is 1.83. The topological polar surface area (TPSA) is 65.6 Å². The van der Waals surface area contributed by atoms with Gasteiger partial charge in [0.15, 0.2) is 5.69 Å². The second-order valence-electron chi connectivity index (χ2n) is 5.42. The highest BCUT2D eigenvalue weighted by Gasteiger charge is 2.15. The van der Waals surface area contributed by atoms with Gasteiger partial charge in [0.2, 0.25) is 5.78 Å². The molecule has 0 radical (unpaired) electrons. The normalized spacial score (nSPS) is 11.3. The lowest BCUT2D eigenvalue weighted by atomic mass is 10.2. The van der Waals surface area contributed by atoms with Crippen LogP contribution >= 0.6 is 0 Å². The summed E-state index contributed by atoms with van der Waals surface area (Å²) in [5.74, 6) is -0.176. The number of ketones is 1. The van der Waals surface area contributed by atoms with Crippen LogP contribution in [0.4, 0.5) is 0 Å². The predicted molar refractivity (Wildman–Crippen MR) is 87.4 cm³/mol. The Hall–Kier alpha value is -3.02. The highest BCUT2D eigenvalue weighted by Crippen LogP contribution is 2.14. The van der Waals surface area contributed by atoms with Crippen LogP contribution in [0.1, 0.15) is 27.3 Å². The Morgan fingerprint density at radius 1 is 1.17 bits per heavy atom. The summed E-state index contributed by atoms with van der Waals surface area (Å²) in [4.78, 5) is 12.3. The first kappa shape index (κ1) is 14.9. The third-order valence-corrected chi connectivity index (χ3v) is 3.56. The molecule has 23 heavy (non-hydrogen) atoms. The summed E-state index contributed by atoms with van der Waals surface area (Å²) in [5, 5.41) is 12.2. The molecule has 3 rings (SSSR count). The number of allylic oxidation sites excluding steroid dienone is 1. The molecule has 0 bridgehead atoms. The maximum atomic E-state index is 12.3. The number of carbonyl (C=O) groups is 1. The molecule has 0 unspecified atom stereocenters. The van der Waals surface area contributed by atoms with E-state index in [2.05, 4.69) is 15.4 Å². The third-order valence-electron chi connectivity index (χ3n) is 3.56. The molecule has 6 nitrogen and oxygen atoms in total. The van der Waals surface area contributed by atoms with E-state index >= 15 is 0 Å². The summed E-state index contributed by atoms with van der Waals surface area (Å²) < 4.78 is 3.35. The maximum Gasteiger partial charge on any atom is 0.208 e. The highest BCUT2D eigenvalue weighted by atomic mass is 16.1. The van der Waals surface area contributed by atoms with Crippen LogP contribution < -0.4 is 0 Å². The Labute approximate surface area is 134 Å². The van der Waals surface area contributed by atoms with Gasteiger partial charge in [-0.2, -0.15) is 5.10 Å². The molecule has 1 aromatic carbocycles. The molecule has 2 heterocycles. The van der Waals surface area contributed by atoms with E-state index in [9.17, 15) is 4.79 Å². The molecule has 0 saturated heterocycles. The van der Waals surface area contributed by atoms with Gasteiger partial charge in [0.05, 0.1) is 17.6 Å². The van der Waals surface area contributed by atoms with Gasteiger partial charge in [0, 0.05) is 18.8 Å². The fourth-order valence-electron chi connectivity index (χ4n) is 2.27. The van der Waals surface area contributed by atoms with E-state index in [-0.39, 0.29) is 5.78 Å². The van der Waals surface area contributed by atoms with Crippen LogP contribution in [0.3, 0.4) is 0 Å². The zero-order chi connectivity index (χ0) is 16.4. The smallest absolute Gasteiger partial charge is 0.208 e. The average molecular weight is 307 g/mol. The minimum Gasteiger partial charge on any atom is -0.287 e. The average Bonchev–Trinajstić information content (AvgIpc) is 3.12. The van der Waals surface area contributed by atoms with E-state index in [1.165, 1.54) is 11.6 Å². The number of rotatable bonds is 4. The predicted octanol–water partition coefficient (Wildman–Crippen LogP) is 2.51. The molecular formula is C17H17N5O. The number of aromatic nitrogens is 5. The highest BCUT2D eigenvalue weighted by molar-refractivity contribution is 6.06. The lowest BCUT2D eigenvalue weighted by Crippen LogP contribution is -2.01. The fourth-order valence-corrected chi connectivity index (χ4v) is 2.27. The second kappa shape index (κ2) is 6.00. The van der Waals surface area contributed by atoms with E-state index in [4.69, 9.17) is 0 Å². The first-order valence-corrected chi connectivity index (χ1v) is 7.25. The molecule has 6 heteroatoms. The van der Waals surface area contributed by atoms with Crippen molar-refractivity contribution in [1.82, 2.24) is 24.8 Å². The zero-order valence-corrected chi connectivity index (χ0v) is 13.3. The first-order chi connectivity index (χ1) is 11.0. The molecule has 116 valence electrons. The number of hydrogen-bond donors (Lipinski definition) is 0. The van der Waals surface area contributed by atoms with Crippen LogP contribution in [0.25, 0.3) is 11.8 Å². The molecule has 0 aliphatic heterocycles. The summed E-state index contributed by atoms with van der Waals surface area (Å²) in [6.45, 7) is 3.86. The summed E-state index contributed by atoms with van der Waals surface area (Å²) >= 11 is 0. The van der Waals surface area contributed by atoms with Crippen molar-refractivity contribution in [3.63, 3.8) is 0 Å². The second-order valence-corrected chi connectivity index (χ2v) is 5.42. The fraction of sp³-hybridized carbons (Fsp3) is 0.176. The molecule has 2 aromatic heterocycles. The Kier molecular flexibility index (Phi) is 3.89. The number of carbonyl (C=O) groups excluding carboxylic acids is 1. The molecule has 0 amide bonds. The molecule has 0 N–H and O–H groups in total. The van der Waals surface area contributed by atoms with Crippen LogP contribution in [0.2, 0.25) is 0 Å². The minimum atomic E-state index is -0.176. The van der Waals surface area contributed by atoms with Crippen molar-refractivity contribution in [1.29, 1.82) is 0 Å². The van der Waals surface area contributed by atoms with Gasteiger partial charge in [-0.3, -0.25) is 9.48 Å². The molecule has 0 spiro atoms. The molecule has 0 aliphatic rings. The van der Waals surface area contributed by atoms with Crippen molar-refractivity contribution < 1.29 is 4.79 Å². The molecule has 0 fully saturated rings. The maximum absolute atomic E-state index is 12.3. The minimum absolute atomic E-state index is 0.176. The summed E-state index contributed by atoms with van der Waals surface area (Å²) in [5.41, 5.74) is 3.99. The standard InChI is InChI=1S/C17H17N5O/c1-12-4-7-15(8-5-12)22-13(2)17(19-20-22)16(23)9-6-14-10-18-21(3)11-14/h4-11H,1-3H3. The van der Waals surface area contributed by atoms with Gasteiger partial charge in [0.1, 0.15) is 0 Å². The van der Waals surface area contributed by atoms with Gasteiger partial charge < -0.3 is 0 Å². The van der Waals surface area contributed by atoms with Crippen LogP contribution in [0.5, 0.6) is 0 Å².